The molecular weight excluding hydrogens is 351 g/mol. The number of hydrogen-bond donors (Lipinski definition) is 1. The van der Waals surface area contributed by atoms with E-state index in [0.29, 0.717) is 6.61 Å². The quantitative estimate of drug-likeness (QED) is 0.349. The summed E-state index contributed by atoms with van der Waals surface area (Å²) in [6.45, 7) is 10.7. The standard InChI is InChI=1S/C17H26N2O3.2ClH/c1-3-10-22-16-5-4-15(13-17(16)20-2)14-18-6-7-19-8-11-21-12-9-19;;/h3-5,13,18H,1,6-12,14H2,2H3;2*1H/p-2. The van der Waals surface area contributed by atoms with Crippen molar-refractivity contribution >= 4 is 0 Å². The van der Waals surface area contributed by atoms with Crippen molar-refractivity contribution in [3.8, 4) is 11.5 Å². The van der Waals surface area contributed by atoms with Crippen molar-refractivity contribution in [3.05, 3.63) is 36.4 Å². The molecule has 1 aliphatic rings. The van der Waals surface area contributed by atoms with Gasteiger partial charge in [0.25, 0.3) is 0 Å². The maximum atomic E-state index is 5.56. The van der Waals surface area contributed by atoms with Crippen molar-refractivity contribution in [1.82, 2.24) is 10.2 Å². The minimum atomic E-state index is 0. The Morgan fingerprint density at radius 2 is 2.00 bits per heavy atom. The summed E-state index contributed by atoms with van der Waals surface area (Å²) in [6.07, 6.45) is 1.72. The molecule has 1 saturated heterocycles. The van der Waals surface area contributed by atoms with Crippen LogP contribution in [0.15, 0.2) is 30.9 Å². The topological polar surface area (TPSA) is 43.0 Å². The molecular formula is C17H26Cl2N2O3-2. The normalized spacial score (nSPS) is 14.2. The number of rotatable bonds is 9. The molecule has 0 atom stereocenters. The van der Waals surface area contributed by atoms with Crippen LogP contribution >= 0.6 is 0 Å². The molecule has 0 unspecified atom stereocenters. The van der Waals surface area contributed by atoms with Crippen LogP contribution in [0.2, 0.25) is 0 Å². The van der Waals surface area contributed by atoms with E-state index in [1.165, 1.54) is 5.56 Å². The first-order valence-electron chi connectivity index (χ1n) is 7.75. The Morgan fingerprint density at radius 3 is 2.67 bits per heavy atom. The van der Waals surface area contributed by atoms with Crippen LogP contribution in [-0.4, -0.2) is 58.0 Å². The van der Waals surface area contributed by atoms with E-state index in [2.05, 4.69) is 22.9 Å². The van der Waals surface area contributed by atoms with E-state index in [4.69, 9.17) is 14.2 Å². The van der Waals surface area contributed by atoms with Crippen LogP contribution in [0.1, 0.15) is 5.56 Å². The molecule has 7 heteroatoms. The Bertz CT molecular complexity index is 469. The largest absolute Gasteiger partial charge is 1.00 e. The average molecular weight is 377 g/mol. The number of nitrogens with zero attached hydrogens (tertiary/aromatic N) is 1. The van der Waals surface area contributed by atoms with Gasteiger partial charge >= 0.3 is 0 Å². The van der Waals surface area contributed by atoms with E-state index >= 15 is 0 Å². The zero-order valence-corrected chi connectivity index (χ0v) is 15.6. The van der Waals surface area contributed by atoms with E-state index < -0.39 is 0 Å². The molecule has 0 amide bonds. The number of halogens is 2. The molecule has 0 spiro atoms. The molecule has 1 aliphatic heterocycles. The molecule has 1 fully saturated rings. The highest BCUT2D eigenvalue weighted by Gasteiger charge is 2.09. The second kappa shape index (κ2) is 13.3. The molecule has 1 aromatic rings. The van der Waals surface area contributed by atoms with Gasteiger partial charge in [-0.15, -0.1) is 0 Å². The lowest BCUT2D eigenvalue weighted by molar-refractivity contribution is -0.001000. The van der Waals surface area contributed by atoms with Gasteiger partial charge < -0.3 is 44.3 Å². The fraction of sp³-hybridized carbons (Fsp3) is 0.529. The third kappa shape index (κ3) is 7.73. The highest BCUT2D eigenvalue weighted by Crippen LogP contribution is 2.27. The Labute approximate surface area is 157 Å². The number of hydrogen-bond acceptors (Lipinski definition) is 5. The number of nitrogens with one attached hydrogen (secondary N) is 1. The smallest absolute Gasteiger partial charge is 0.161 e. The van der Waals surface area contributed by atoms with E-state index in [1.807, 2.05) is 12.1 Å². The second-order valence-electron chi connectivity index (χ2n) is 5.22. The minimum absolute atomic E-state index is 0. The molecule has 1 N–H and O–H groups in total. The third-order valence-electron chi connectivity index (χ3n) is 3.62. The van der Waals surface area contributed by atoms with Crippen LogP contribution in [0, 0.1) is 0 Å². The lowest BCUT2D eigenvalue weighted by Gasteiger charge is -2.26. The molecule has 1 heterocycles. The van der Waals surface area contributed by atoms with Gasteiger partial charge in [-0.05, 0) is 17.7 Å². The lowest BCUT2D eigenvalue weighted by atomic mass is 10.2. The second-order valence-corrected chi connectivity index (χ2v) is 5.22. The summed E-state index contributed by atoms with van der Waals surface area (Å²) in [4.78, 5) is 2.42. The zero-order valence-electron chi connectivity index (χ0n) is 14.1. The monoisotopic (exact) mass is 376 g/mol. The maximum Gasteiger partial charge on any atom is 0.161 e. The Kier molecular flexibility index (Phi) is 12.8. The van der Waals surface area contributed by atoms with E-state index in [9.17, 15) is 0 Å². The van der Waals surface area contributed by atoms with Gasteiger partial charge in [0, 0.05) is 32.7 Å². The number of methoxy groups -OCH3 is 1. The van der Waals surface area contributed by atoms with Crippen molar-refractivity contribution in [2.45, 2.75) is 6.54 Å². The maximum absolute atomic E-state index is 5.56. The van der Waals surface area contributed by atoms with Crippen molar-refractivity contribution in [3.63, 3.8) is 0 Å². The number of ether oxygens (including phenoxy) is 3. The third-order valence-corrected chi connectivity index (χ3v) is 3.62. The first-order valence-corrected chi connectivity index (χ1v) is 7.75. The van der Waals surface area contributed by atoms with Gasteiger partial charge in [-0.3, -0.25) is 4.90 Å². The summed E-state index contributed by atoms with van der Waals surface area (Å²) in [5.74, 6) is 1.51. The first-order chi connectivity index (χ1) is 10.8. The van der Waals surface area contributed by atoms with Gasteiger partial charge in [-0.25, -0.2) is 0 Å². The summed E-state index contributed by atoms with van der Waals surface area (Å²) in [5, 5.41) is 3.47. The minimum Gasteiger partial charge on any atom is -1.00 e. The van der Waals surface area contributed by atoms with Crippen LogP contribution in [0.5, 0.6) is 11.5 Å². The van der Waals surface area contributed by atoms with Gasteiger partial charge in [0.15, 0.2) is 11.5 Å². The highest BCUT2D eigenvalue weighted by atomic mass is 35.5. The van der Waals surface area contributed by atoms with Crippen molar-refractivity contribution < 1.29 is 39.0 Å². The van der Waals surface area contributed by atoms with Gasteiger partial charge in [0.1, 0.15) is 6.61 Å². The van der Waals surface area contributed by atoms with Crippen molar-refractivity contribution in [2.24, 2.45) is 0 Å². The van der Waals surface area contributed by atoms with Crippen LogP contribution < -0.4 is 39.6 Å². The fourth-order valence-corrected chi connectivity index (χ4v) is 2.38. The summed E-state index contributed by atoms with van der Waals surface area (Å²) in [5.41, 5.74) is 1.18. The molecule has 0 saturated carbocycles. The number of morpholine rings is 1. The fourth-order valence-electron chi connectivity index (χ4n) is 2.38. The Hall–Kier alpha value is -0.980. The molecule has 138 valence electrons. The summed E-state index contributed by atoms with van der Waals surface area (Å²) in [7, 11) is 1.66. The van der Waals surface area contributed by atoms with Crippen molar-refractivity contribution in [1.29, 1.82) is 0 Å². The van der Waals surface area contributed by atoms with Gasteiger partial charge in [0.05, 0.1) is 20.3 Å². The molecule has 0 aliphatic carbocycles. The van der Waals surface area contributed by atoms with E-state index in [-0.39, 0.29) is 24.8 Å². The predicted octanol–water partition coefficient (Wildman–Crippen LogP) is -4.31. The van der Waals surface area contributed by atoms with Crippen LogP contribution in [0.25, 0.3) is 0 Å². The van der Waals surface area contributed by atoms with Gasteiger partial charge in [-0.2, -0.15) is 0 Å². The van der Waals surface area contributed by atoms with Gasteiger partial charge in [0.2, 0.25) is 0 Å². The molecule has 5 nitrogen and oxygen atoms in total. The molecule has 24 heavy (non-hydrogen) atoms. The van der Waals surface area contributed by atoms with Crippen LogP contribution in [0.4, 0.5) is 0 Å². The predicted molar refractivity (Wildman–Crippen MR) is 87.7 cm³/mol. The molecule has 0 aromatic heterocycles. The van der Waals surface area contributed by atoms with E-state index in [1.54, 1.807) is 13.2 Å². The highest BCUT2D eigenvalue weighted by molar-refractivity contribution is 5.43. The lowest BCUT2D eigenvalue weighted by Crippen LogP contribution is -3.00. The summed E-state index contributed by atoms with van der Waals surface area (Å²) < 4.78 is 16.3. The SMILES string of the molecule is C=CCOc1ccc(CNCCN2CCOCC2)cc1OC.[Cl-].[Cl-]. The molecule has 1 aromatic carbocycles. The van der Waals surface area contributed by atoms with E-state index in [0.717, 1.165) is 57.4 Å². The van der Waals surface area contributed by atoms with Crippen molar-refractivity contribution in [2.75, 3.05) is 53.1 Å². The number of benzene rings is 1. The molecule has 0 radical (unpaired) electrons. The van der Waals surface area contributed by atoms with Gasteiger partial charge in [-0.1, -0.05) is 18.7 Å². The first kappa shape index (κ1) is 23.0. The van der Waals surface area contributed by atoms with Crippen LogP contribution in [-0.2, 0) is 11.3 Å². The Balaban J connectivity index is 0.00000264. The molecule has 0 bridgehead atoms. The molecule has 2 rings (SSSR count). The van der Waals surface area contributed by atoms with Crippen LogP contribution in [0.3, 0.4) is 0 Å². The summed E-state index contributed by atoms with van der Waals surface area (Å²) in [6, 6.07) is 6.02. The zero-order chi connectivity index (χ0) is 15.6. The average Bonchev–Trinajstić information content (AvgIpc) is 2.58. The summed E-state index contributed by atoms with van der Waals surface area (Å²) >= 11 is 0. The Morgan fingerprint density at radius 1 is 1.25 bits per heavy atom.